The van der Waals surface area contributed by atoms with Gasteiger partial charge in [-0.1, -0.05) is 0 Å². The number of carbonyl (C=O) groups excluding carboxylic acids is 2. The van der Waals surface area contributed by atoms with Crippen LogP contribution >= 0.6 is 15.9 Å². The molecular weight excluding hydrogens is 585 g/mol. The first-order valence-corrected chi connectivity index (χ1v) is 12.6. The smallest absolute Gasteiger partial charge is 0.410 e. The zero-order chi connectivity index (χ0) is 28.5. The Labute approximate surface area is 230 Å². The van der Waals surface area contributed by atoms with Gasteiger partial charge in [-0.05, 0) is 54.9 Å². The van der Waals surface area contributed by atoms with Crippen molar-refractivity contribution in [2.24, 2.45) is 0 Å². The normalized spacial score (nSPS) is 13.8. The maximum Gasteiger partial charge on any atom is 0.410 e. The summed E-state index contributed by atoms with van der Waals surface area (Å²) in [5.41, 5.74) is 1.01. The lowest BCUT2D eigenvalue weighted by Crippen LogP contribution is -2.61. The zero-order valence-corrected chi connectivity index (χ0v) is 23.2. The number of likely N-dealkylation sites (tertiary alicyclic amines) is 1. The molecule has 1 saturated heterocycles. The van der Waals surface area contributed by atoms with E-state index in [1.807, 2.05) is 4.90 Å². The Morgan fingerprint density at radius 1 is 1.26 bits per heavy atom. The van der Waals surface area contributed by atoms with E-state index in [2.05, 4.69) is 31.1 Å². The molecule has 208 valence electrons. The molecule has 1 aliphatic rings. The molecule has 3 aromatic rings. The van der Waals surface area contributed by atoms with Crippen molar-refractivity contribution in [3.63, 3.8) is 0 Å². The molecule has 10 nitrogen and oxygen atoms in total. The van der Waals surface area contributed by atoms with Gasteiger partial charge in [0.25, 0.3) is 5.89 Å². The molecule has 2 aromatic heterocycles. The Morgan fingerprint density at radius 2 is 1.97 bits per heavy atom. The van der Waals surface area contributed by atoms with Gasteiger partial charge in [-0.15, -0.1) is 10.2 Å². The van der Waals surface area contributed by atoms with Crippen molar-refractivity contribution in [1.82, 2.24) is 20.1 Å². The summed E-state index contributed by atoms with van der Waals surface area (Å²) in [6.45, 7) is 6.16. The number of likely N-dealkylation sites (N-methyl/N-ethyl adjacent to an activating group) is 1. The first-order valence-electron chi connectivity index (χ1n) is 11.8. The Hall–Kier alpha value is -3.68. The van der Waals surface area contributed by atoms with Crippen LogP contribution in [0.3, 0.4) is 0 Å². The zero-order valence-electron chi connectivity index (χ0n) is 21.6. The fourth-order valence-electron chi connectivity index (χ4n) is 3.85. The second kappa shape index (κ2) is 11.2. The standard InChI is InChI=1S/C25H26BrF3N6O4/c1-25(2,3)39-24(37)34-11-16(12-34)33(4)19-7-17(26)18(27)8-20(19)35(13-36)10-15-6-5-14(9-30-15)22-31-32-23(38-22)21(28)29/h5-9,13,16,21H,10-12H2,1-4H3. The number of rotatable bonds is 8. The van der Waals surface area contributed by atoms with E-state index >= 15 is 0 Å². The van der Waals surface area contributed by atoms with Crippen LogP contribution in [0, 0.1) is 5.82 Å². The van der Waals surface area contributed by atoms with Crippen molar-refractivity contribution in [1.29, 1.82) is 0 Å². The number of benzene rings is 1. The van der Waals surface area contributed by atoms with E-state index in [-0.39, 0.29) is 23.0 Å². The van der Waals surface area contributed by atoms with Crippen molar-refractivity contribution in [2.45, 2.75) is 45.4 Å². The Morgan fingerprint density at radius 3 is 2.54 bits per heavy atom. The van der Waals surface area contributed by atoms with Crippen LogP contribution in [0.4, 0.5) is 29.3 Å². The topological polar surface area (TPSA) is 105 Å². The van der Waals surface area contributed by atoms with Gasteiger partial charge in [-0.25, -0.2) is 9.18 Å². The number of hydrogen-bond donors (Lipinski definition) is 0. The highest BCUT2D eigenvalue weighted by Crippen LogP contribution is 2.36. The van der Waals surface area contributed by atoms with Crippen LogP contribution < -0.4 is 9.80 Å². The maximum absolute atomic E-state index is 14.6. The highest BCUT2D eigenvalue weighted by atomic mass is 79.9. The number of carbonyl (C=O) groups is 2. The molecule has 0 radical (unpaired) electrons. The van der Waals surface area contributed by atoms with Gasteiger partial charge in [0.2, 0.25) is 12.3 Å². The van der Waals surface area contributed by atoms with Crippen LogP contribution in [0.2, 0.25) is 0 Å². The molecule has 1 aliphatic heterocycles. The molecule has 14 heteroatoms. The van der Waals surface area contributed by atoms with Gasteiger partial charge in [0.1, 0.15) is 11.4 Å². The van der Waals surface area contributed by atoms with E-state index in [9.17, 15) is 22.8 Å². The van der Waals surface area contributed by atoms with E-state index in [1.54, 1.807) is 50.9 Å². The Balaban J connectivity index is 1.51. The quantitative estimate of drug-likeness (QED) is 0.321. The third-order valence-corrected chi connectivity index (χ3v) is 6.53. The minimum absolute atomic E-state index is 0.00743. The number of halogens is 4. The largest absolute Gasteiger partial charge is 0.444 e. The molecule has 0 saturated carbocycles. The summed E-state index contributed by atoms with van der Waals surface area (Å²) in [5.74, 6) is -1.47. The number of anilines is 2. The lowest BCUT2D eigenvalue weighted by atomic mass is 10.1. The highest BCUT2D eigenvalue weighted by molar-refractivity contribution is 9.10. The molecule has 2 amide bonds. The van der Waals surface area contributed by atoms with Crippen LogP contribution in [-0.4, -0.2) is 64.4 Å². The minimum Gasteiger partial charge on any atom is -0.444 e. The summed E-state index contributed by atoms with van der Waals surface area (Å²) < 4.78 is 50.6. The third-order valence-electron chi connectivity index (χ3n) is 5.93. The summed E-state index contributed by atoms with van der Waals surface area (Å²) in [4.78, 5) is 33.5. The van der Waals surface area contributed by atoms with Gasteiger partial charge in [0.15, 0.2) is 0 Å². The average Bonchev–Trinajstić information content (AvgIpc) is 3.33. The number of pyridine rings is 1. The van der Waals surface area contributed by atoms with Gasteiger partial charge in [0, 0.05) is 32.4 Å². The summed E-state index contributed by atoms with van der Waals surface area (Å²) in [6, 6.07) is 5.84. The number of amides is 2. The van der Waals surface area contributed by atoms with Gasteiger partial charge in [0.05, 0.1) is 39.7 Å². The number of aromatic nitrogens is 3. The molecule has 1 aromatic carbocycles. The van der Waals surface area contributed by atoms with Crippen LogP contribution in [0.15, 0.2) is 39.4 Å². The van der Waals surface area contributed by atoms with Crippen molar-refractivity contribution < 1.29 is 31.9 Å². The van der Waals surface area contributed by atoms with E-state index in [4.69, 9.17) is 9.15 Å². The SMILES string of the molecule is CN(c1cc(Br)c(F)cc1N(C=O)Cc1ccc(-c2nnc(C(F)F)o2)cn1)C1CN(C(=O)OC(C)(C)C)C1. The second-order valence-corrected chi connectivity index (χ2v) is 10.8. The van der Waals surface area contributed by atoms with E-state index < -0.39 is 29.8 Å². The van der Waals surface area contributed by atoms with Crippen molar-refractivity contribution in [3.8, 4) is 11.5 Å². The van der Waals surface area contributed by atoms with Crippen molar-refractivity contribution in [2.75, 3.05) is 29.9 Å². The molecule has 0 unspecified atom stereocenters. The van der Waals surface area contributed by atoms with Crippen molar-refractivity contribution >= 4 is 39.8 Å². The molecular formula is C25H26BrF3N6O4. The van der Waals surface area contributed by atoms with E-state index in [0.717, 1.165) is 0 Å². The molecule has 39 heavy (non-hydrogen) atoms. The summed E-state index contributed by atoms with van der Waals surface area (Å²) in [5, 5.41) is 6.88. The summed E-state index contributed by atoms with van der Waals surface area (Å²) >= 11 is 3.21. The molecule has 0 spiro atoms. The minimum atomic E-state index is -2.89. The summed E-state index contributed by atoms with van der Waals surface area (Å²) in [6.07, 6.45) is -1.38. The second-order valence-electron chi connectivity index (χ2n) is 9.92. The highest BCUT2D eigenvalue weighted by Gasteiger charge is 2.37. The number of ether oxygens (including phenoxy) is 1. The monoisotopic (exact) mass is 610 g/mol. The van der Waals surface area contributed by atoms with Crippen LogP contribution in [0.1, 0.15) is 38.8 Å². The molecule has 0 bridgehead atoms. The lowest BCUT2D eigenvalue weighted by Gasteiger charge is -2.45. The number of alkyl halides is 2. The number of nitrogens with zero attached hydrogens (tertiary/aromatic N) is 6. The van der Waals surface area contributed by atoms with Crippen LogP contribution in [-0.2, 0) is 16.1 Å². The Kier molecular flexibility index (Phi) is 8.14. The van der Waals surface area contributed by atoms with Crippen molar-refractivity contribution in [3.05, 3.63) is 52.3 Å². The average molecular weight is 611 g/mol. The van der Waals surface area contributed by atoms with Gasteiger partial charge >= 0.3 is 12.5 Å². The molecule has 0 N–H and O–H groups in total. The van der Waals surface area contributed by atoms with Gasteiger partial charge in [-0.2, -0.15) is 8.78 Å². The molecule has 0 atom stereocenters. The first kappa shape index (κ1) is 28.3. The number of hydrogen-bond acceptors (Lipinski definition) is 8. The third kappa shape index (κ3) is 6.49. The first-order chi connectivity index (χ1) is 18.4. The van der Waals surface area contributed by atoms with E-state index in [0.29, 0.717) is 42.1 Å². The Bertz CT molecular complexity index is 1340. The lowest BCUT2D eigenvalue weighted by molar-refractivity contribution is -0.107. The molecule has 4 rings (SSSR count). The predicted molar refractivity (Wildman–Crippen MR) is 139 cm³/mol. The molecule has 1 fully saturated rings. The fraction of sp³-hybridized carbons (Fsp3) is 0.400. The van der Waals surface area contributed by atoms with Crippen LogP contribution in [0.5, 0.6) is 0 Å². The summed E-state index contributed by atoms with van der Waals surface area (Å²) in [7, 11) is 1.80. The van der Waals surface area contributed by atoms with Gasteiger partial charge < -0.3 is 23.9 Å². The molecule has 3 heterocycles. The maximum atomic E-state index is 14.6. The van der Waals surface area contributed by atoms with Gasteiger partial charge in [-0.3, -0.25) is 9.78 Å². The predicted octanol–water partition coefficient (Wildman–Crippen LogP) is 5.19. The van der Waals surface area contributed by atoms with E-state index in [1.165, 1.54) is 17.2 Å². The fourth-order valence-corrected chi connectivity index (χ4v) is 4.18. The van der Waals surface area contributed by atoms with Crippen LogP contribution in [0.25, 0.3) is 11.5 Å². The molecule has 0 aliphatic carbocycles.